The second-order valence-electron chi connectivity index (χ2n) is 5.52. The molecule has 1 aromatic heterocycles. The number of hydrogen-bond acceptors (Lipinski definition) is 5. The summed E-state index contributed by atoms with van der Waals surface area (Å²) in [5.74, 6) is 1.26. The zero-order valence-electron chi connectivity index (χ0n) is 14.6. The Bertz CT molecular complexity index is 687. The van der Waals surface area contributed by atoms with E-state index in [4.69, 9.17) is 4.74 Å². The standard InChI is InChI=1S/C19H23N3O3/c1-3-25-16-9-7-15(8-10-16)17(23)14-22(2)19(24)11-13-21-18-6-4-5-12-20-18/h4-10,12H,3,11,13-14H2,1-2H3,(H,20,21). The summed E-state index contributed by atoms with van der Waals surface area (Å²) < 4.78 is 5.35. The van der Waals surface area contributed by atoms with Crippen molar-refractivity contribution in [1.82, 2.24) is 9.88 Å². The quantitative estimate of drug-likeness (QED) is 0.710. The predicted octanol–water partition coefficient (Wildman–Crippen LogP) is 2.62. The lowest BCUT2D eigenvalue weighted by atomic mass is 10.1. The van der Waals surface area contributed by atoms with Crippen LogP contribution in [0.4, 0.5) is 5.82 Å². The van der Waals surface area contributed by atoms with Crippen molar-refractivity contribution in [1.29, 1.82) is 0 Å². The average molecular weight is 341 g/mol. The Balaban J connectivity index is 1.78. The second-order valence-corrected chi connectivity index (χ2v) is 5.52. The van der Waals surface area contributed by atoms with Crippen LogP contribution in [0.2, 0.25) is 0 Å². The number of amides is 1. The third-order valence-electron chi connectivity index (χ3n) is 3.60. The SMILES string of the molecule is CCOc1ccc(C(=O)CN(C)C(=O)CCNc2ccccn2)cc1. The molecular weight excluding hydrogens is 318 g/mol. The number of benzene rings is 1. The molecule has 0 atom stereocenters. The largest absolute Gasteiger partial charge is 0.494 e. The number of nitrogens with zero attached hydrogens (tertiary/aromatic N) is 2. The molecule has 0 radical (unpaired) electrons. The Morgan fingerprint density at radius 1 is 1.16 bits per heavy atom. The van der Waals surface area contributed by atoms with Crippen molar-refractivity contribution in [2.24, 2.45) is 0 Å². The molecule has 25 heavy (non-hydrogen) atoms. The Hall–Kier alpha value is -2.89. The Kier molecular flexibility index (Phi) is 6.95. The number of Topliss-reactive ketones (excluding diaryl/α,β-unsaturated/α-hetero) is 1. The van der Waals surface area contributed by atoms with E-state index in [1.807, 2.05) is 25.1 Å². The summed E-state index contributed by atoms with van der Waals surface area (Å²) in [7, 11) is 1.63. The first-order valence-electron chi connectivity index (χ1n) is 8.25. The lowest BCUT2D eigenvalue weighted by molar-refractivity contribution is -0.129. The zero-order chi connectivity index (χ0) is 18.1. The van der Waals surface area contributed by atoms with Crippen molar-refractivity contribution < 1.29 is 14.3 Å². The van der Waals surface area contributed by atoms with Crippen LogP contribution < -0.4 is 10.1 Å². The number of anilines is 1. The molecule has 6 nitrogen and oxygen atoms in total. The molecule has 132 valence electrons. The molecule has 1 aromatic carbocycles. The summed E-state index contributed by atoms with van der Waals surface area (Å²) in [6.07, 6.45) is 1.98. The Morgan fingerprint density at radius 2 is 1.92 bits per heavy atom. The molecule has 0 aliphatic carbocycles. The predicted molar refractivity (Wildman–Crippen MR) is 96.9 cm³/mol. The average Bonchev–Trinajstić information content (AvgIpc) is 2.63. The van der Waals surface area contributed by atoms with Crippen LogP contribution in [0.5, 0.6) is 5.75 Å². The number of carbonyl (C=O) groups is 2. The first-order chi connectivity index (χ1) is 12.1. The molecule has 0 unspecified atom stereocenters. The monoisotopic (exact) mass is 341 g/mol. The smallest absolute Gasteiger partial charge is 0.224 e. The van der Waals surface area contributed by atoms with Gasteiger partial charge in [-0.25, -0.2) is 4.98 Å². The van der Waals surface area contributed by atoms with Crippen molar-refractivity contribution in [3.05, 3.63) is 54.2 Å². The summed E-state index contributed by atoms with van der Waals surface area (Å²) in [4.78, 5) is 30.0. The third-order valence-corrected chi connectivity index (χ3v) is 3.60. The molecule has 0 aliphatic rings. The number of likely N-dealkylation sites (N-methyl/N-ethyl adjacent to an activating group) is 1. The first kappa shape index (κ1) is 18.4. The van der Waals surface area contributed by atoms with Crippen LogP contribution in [0.3, 0.4) is 0 Å². The highest BCUT2D eigenvalue weighted by atomic mass is 16.5. The molecule has 1 amide bonds. The lowest BCUT2D eigenvalue weighted by Gasteiger charge is -2.16. The Labute approximate surface area is 147 Å². The third kappa shape index (κ3) is 5.91. The Morgan fingerprint density at radius 3 is 2.56 bits per heavy atom. The van der Waals surface area contributed by atoms with E-state index in [2.05, 4.69) is 10.3 Å². The summed E-state index contributed by atoms with van der Waals surface area (Å²) >= 11 is 0. The van der Waals surface area contributed by atoms with Crippen molar-refractivity contribution in [2.75, 3.05) is 32.1 Å². The van der Waals surface area contributed by atoms with E-state index in [0.717, 1.165) is 11.6 Å². The highest BCUT2D eigenvalue weighted by molar-refractivity contribution is 5.99. The minimum absolute atomic E-state index is 0.0520. The van der Waals surface area contributed by atoms with Crippen molar-refractivity contribution in [2.45, 2.75) is 13.3 Å². The number of carbonyl (C=O) groups excluding carboxylic acids is 2. The maximum absolute atomic E-state index is 12.3. The van der Waals surface area contributed by atoms with Crippen LogP contribution in [-0.4, -0.2) is 48.3 Å². The number of hydrogen-bond donors (Lipinski definition) is 1. The molecule has 0 bridgehead atoms. The van der Waals surface area contributed by atoms with Gasteiger partial charge in [0.05, 0.1) is 13.2 Å². The van der Waals surface area contributed by atoms with Crippen LogP contribution in [0.15, 0.2) is 48.7 Å². The van der Waals surface area contributed by atoms with Gasteiger partial charge in [0, 0.05) is 31.8 Å². The minimum atomic E-state index is -0.100. The van der Waals surface area contributed by atoms with Crippen LogP contribution >= 0.6 is 0 Å². The van der Waals surface area contributed by atoms with Crippen LogP contribution in [-0.2, 0) is 4.79 Å². The van der Waals surface area contributed by atoms with Gasteiger partial charge in [0.2, 0.25) is 5.91 Å². The fourth-order valence-corrected chi connectivity index (χ4v) is 2.25. The maximum Gasteiger partial charge on any atom is 0.224 e. The van der Waals surface area contributed by atoms with Crippen molar-refractivity contribution in [3.63, 3.8) is 0 Å². The van der Waals surface area contributed by atoms with E-state index in [1.54, 1.807) is 37.5 Å². The first-order valence-corrected chi connectivity index (χ1v) is 8.25. The molecule has 0 saturated heterocycles. The number of pyridine rings is 1. The van der Waals surface area contributed by atoms with E-state index in [1.165, 1.54) is 4.90 Å². The van der Waals surface area contributed by atoms with Crippen molar-refractivity contribution >= 4 is 17.5 Å². The minimum Gasteiger partial charge on any atom is -0.494 e. The van der Waals surface area contributed by atoms with E-state index in [-0.39, 0.29) is 18.2 Å². The van der Waals surface area contributed by atoms with Gasteiger partial charge in [-0.2, -0.15) is 0 Å². The molecule has 1 N–H and O–H groups in total. The number of ether oxygens (including phenoxy) is 1. The van der Waals surface area contributed by atoms with Crippen LogP contribution in [0, 0.1) is 0 Å². The van der Waals surface area contributed by atoms with Gasteiger partial charge in [0.15, 0.2) is 5.78 Å². The number of rotatable bonds is 9. The van der Waals surface area contributed by atoms with Gasteiger partial charge in [-0.1, -0.05) is 6.07 Å². The number of nitrogens with one attached hydrogen (secondary N) is 1. The van der Waals surface area contributed by atoms with Gasteiger partial charge < -0.3 is 15.0 Å². The topological polar surface area (TPSA) is 71.5 Å². The molecular formula is C19H23N3O3. The van der Waals surface area contributed by atoms with Crippen LogP contribution in [0.1, 0.15) is 23.7 Å². The molecule has 0 fully saturated rings. The molecule has 2 aromatic rings. The van der Waals surface area contributed by atoms with Crippen molar-refractivity contribution in [3.8, 4) is 5.75 Å². The van der Waals surface area contributed by atoms with Gasteiger partial charge in [-0.15, -0.1) is 0 Å². The van der Waals surface area contributed by atoms with Gasteiger partial charge in [-0.05, 0) is 43.3 Å². The zero-order valence-corrected chi connectivity index (χ0v) is 14.6. The molecule has 0 aliphatic heterocycles. The van der Waals surface area contributed by atoms with Gasteiger partial charge in [-0.3, -0.25) is 9.59 Å². The lowest BCUT2D eigenvalue weighted by Crippen LogP contribution is -2.33. The van der Waals surface area contributed by atoms with E-state index in [0.29, 0.717) is 25.1 Å². The molecule has 1 heterocycles. The fraction of sp³-hybridized carbons (Fsp3) is 0.316. The van der Waals surface area contributed by atoms with E-state index in [9.17, 15) is 9.59 Å². The van der Waals surface area contributed by atoms with E-state index >= 15 is 0 Å². The van der Waals surface area contributed by atoms with E-state index < -0.39 is 0 Å². The summed E-state index contributed by atoms with van der Waals surface area (Å²) in [6.45, 7) is 3.01. The summed E-state index contributed by atoms with van der Waals surface area (Å²) in [5.41, 5.74) is 0.565. The molecule has 6 heteroatoms. The molecule has 2 rings (SSSR count). The normalized spacial score (nSPS) is 10.2. The molecule has 0 saturated carbocycles. The fourth-order valence-electron chi connectivity index (χ4n) is 2.25. The van der Waals surface area contributed by atoms with Gasteiger partial charge >= 0.3 is 0 Å². The number of aromatic nitrogens is 1. The van der Waals surface area contributed by atoms with Gasteiger partial charge in [0.1, 0.15) is 11.6 Å². The van der Waals surface area contributed by atoms with Crippen LogP contribution in [0.25, 0.3) is 0 Å². The maximum atomic E-state index is 12.3. The highest BCUT2D eigenvalue weighted by Crippen LogP contribution is 2.13. The summed E-state index contributed by atoms with van der Waals surface area (Å²) in [5, 5.41) is 3.08. The summed E-state index contributed by atoms with van der Waals surface area (Å²) in [6, 6.07) is 12.5. The van der Waals surface area contributed by atoms with Gasteiger partial charge in [0.25, 0.3) is 0 Å². The highest BCUT2D eigenvalue weighted by Gasteiger charge is 2.14. The number of ketones is 1. The second kappa shape index (κ2) is 9.42. The molecule has 0 spiro atoms.